The van der Waals surface area contributed by atoms with Crippen LogP contribution >= 0.6 is 0 Å². The van der Waals surface area contributed by atoms with Gasteiger partial charge in [-0.1, -0.05) is 30.3 Å². The van der Waals surface area contributed by atoms with E-state index in [2.05, 4.69) is 4.90 Å². The van der Waals surface area contributed by atoms with Crippen molar-refractivity contribution in [1.82, 2.24) is 4.90 Å². The molecule has 0 amide bonds. The van der Waals surface area contributed by atoms with Crippen LogP contribution in [0.15, 0.2) is 30.3 Å². The molecule has 3 heterocycles. The van der Waals surface area contributed by atoms with Gasteiger partial charge >= 0.3 is 0 Å². The number of ether oxygens (including phenoxy) is 9. The van der Waals surface area contributed by atoms with Crippen molar-refractivity contribution in [3.8, 4) is 0 Å². The van der Waals surface area contributed by atoms with Crippen LogP contribution in [0.5, 0.6) is 0 Å². The van der Waals surface area contributed by atoms with Gasteiger partial charge in [-0.2, -0.15) is 0 Å². The van der Waals surface area contributed by atoms with Gasteiger partial charge in [0, 0.05) is 39.4 Å². The molecule has 0 bridgehead atoms. The lowest BCUT2D eigenvalue weighted by Crippen LogP contribution is -2.63. The van der Waals surface area contributed by atoms with E-state index < -0.39 is 24.8 Å². The van der Waals surface area contributed by atoms with E-state index >= 15 is 0 Å². The van der Waals surface area contributed by atoms with Gasteiger partial charge in [0.1, 0.15) is 24.4 Å². The summed E-state index contributed by atoms with van der Waals surface area (Å²) < 4.78 is 53.6. The van der Waals surface area contributed by atoms with Crippen molar-refractivity contribution in [3.63, 3.8) is 0 Å². The highest BCUT2D eigenvalue weighted by atomic mass is 16.8. The maximum atomic E-state index is 6.38. The summed E-state index contributed by atoms with van der Waals surface area (Å²) >= 11 is 0. The molecule has 3 aliphatic heterocycles. The minimum Gasteiger partial charge on any atom is -0.383 e. The monoisotopic (exact) mass is 497 g/mol. The molecule has 198 valence electrons. The summed E-state index contributed by atoms with van der Waals surface area (Å²) in [5.41, 5.74) is 0.948. The Morgan fingerprint density at radius 2 is 1.51 bits per heavy atom. The Morgan fingerprint density at radius 3 is 2.20 bits per heavy atom. The van der Waals surface area contributed by atoms with Gasteiger partial charge in [0.25, 0.3) is 0 Å². The van der Waals surface area contributed by atoms with Gasteiger partial charge < -0.3 is 42.6 Å². The number of hydrogen-bond acceptors (Lipinski definition) is 10. The largest absolute Gasteiger partial charge is 0.383 e. The molecule has 1 aromatic rings. The molecule has 1 aromatic carbocycles. The zero-order valence-electron chi connectivity index (χ0n) is 20.8. The first kappa shape index (κ1) is 26.9. The number of benzene rings is 1. The van der Waals surface area contributed by atoms with Crippen LogP contribution in [0, 0.1) is 0 Å². The molecule has 35 heavy (non-hydrogen) atoms. The van der Waals surface area contributed by atoms with Crippen molar-refractivity contribution in [3.05, 3.63) is 35.9 Å². The van der Waals surface area contributed by atoms with E-state index in [0.717, 1.165) is 25.2 Å². The van der Waals surface area contributed by atoms with Crippen LogP contribution in [0.3, 0.4) is 0 Å². The number of nitrogens with zero attached hydrogens (tertiary/aromatic N) is 1. The molecular formula is C25H39NO9. The zero-order valence-corrected chi connectivity index (χ0v) is 20.8. The molecule has 0 aromatic heterocycles. The molecule has 3 fully saturated rings. The van der Waals surface area contributed by atoms with Gasteiger partial charge in [0.05, 0.1) is 52.9 Å². The molecule has 0 saturated carbocycles. The van der Waals surface area contributed by atoms with Crippen LogP contribution in [0.1, 0.15) is 11.9 Å². The van der Waals surface area contributed by atoms with Crippen LogP contribution < -0.4 is 0 Å². The predicted octanol–water partition coefficient (Wildman–Crippen LogP) is 1.24. The van der Waals surface area contributed by atoms with Crippen molar-refractivity contribution in [2.24, 2.45) is 0 Å². The molecule has 3 aliphatic rings. The third-order valence-electron chi connectivity index (χ3n) is 6.38. The van der Waals surface area contributed by atoms with Gasteiger partial charge in [-0.15, -0.1) is 0 Å². The molecule has 0 aliphatic carbocycles. The Morgan fingerprint density at radius 1 is 0.800 bits per heavy atom. The first-order valence-corrected chi connectivity index (χ1v) is 12.4. The van der Waals surface area contributed by atoms with Gasteiger partial charge in [-0.05, 0) is 0 Å². The molecule has 1 unspecified atom stereocenters. The highest BCUT2D eigenvalue weighted by Gasteiger charge is 2.51. The number of hydrogen-bond donors (Lipinski definition) is 0. The summed E-state index contributed by atoms with van der Waals surface area (Å²) in [6.45, 7) is 6.40. The van der Waals surface area contributed by atoms with Gasteiger partial charge in [-0.25, -0.2) is 0 Å². The number of fused-ring (bicyclic) bond motifs is 3. The SMILES string of the molecule is COCCN1CCOCCO[C@H]2[C@H]3OC(c4ccccc4)OC[C@H]3O[C@H](OC)[C@@H]2OCCOCC1. The number of rotatable bonds is 5. The average molecular weight is 498 g/mol. The standard InChI is InChI=1S/C25H39NO9/c1-27-11-8-26-9-12-29-14-16-31-22-21-20(18-33-24(35-21)19-6-4-3-5-7-19)34-25(28-2)23(22)32-17-15-30-13-10-26/h3-7,20-25H,8-18H2,1-2H3/t20-,21+,22+,23-,24?,25+/m1/s1. The predicted molar refractivity (Wildman–Crippen MR) is 125 cm³/mol. The highest BCUT2D eigenvalue weighted by Crippen LogP contribution is 2.36. The fourth-order valence-corrected chi connectivity index (χ4v) is 4.52. The van der Waals surface area contributed by atoms with Crippen LogP contribution in [0.25, 0.3) is 0 Å². The van der Waals surface area contributed by atoms with E-state index in [4.69, 9.17) is 42.6 Å². The Labute approximate surface area is 207 Å². The minimum atomic E-state index is -0.608. The lowest BCUT2D eigenvalue weighted by atomic mass is 9.97. The maximum Gasteiger partial charge on any atom is 0.186 e. The minimum absolute atomic E-state index is 0.335. The second-order valence-electron chi connectivity index (χ2n) is 8.69. The normalized spacial score (nSPS) is 34.2. The van der Waals surface area contributed by atoms with Gasteiger partial charge in [0.15, 0.2) is 12.6 Å². The fraction of sp³-hybridized carbons (Fsp3) is 0.760. The lowest BCUT2D eigenvalue weighted by molar-refractivity contribution is -0.368. The van der Waals surface area contributed by atoms with E-state index in [1.165, 1.54) is 0 Å². The summed E-state index contributed by atoms with van der Waals surface area (Å²) in [6, 6.07) is 9.87. The Bertz CT molecular complexity index is 711. The quantitative estimate of drug-likeness (QED) is 0.592. The first-order chi connectivity index (χ1) is 17.3. The van der Waals surface area contributed by atoms with Crippen molar-refractivity contribution >= 4 is 0 Å². The third-order valence-corrected chi connectivity index (χ3v) is 6.38. The van der Waals surface area contributed by atoms with Crippen molar-refractivity contribution in [2.75, 3.05) is 86.7 Å². The summed E-state index contributed by atoms with van der Waals surface area (Å²) in [5.74, 6) is 0. The Balaban J connectivity index is 1.42. The smallest absolute Gasteiger partial charge is 0.186 e. The summed E-state index contributed by atoms with van der Waals surface area (Å²) in [5, 5.41) is 0. The van der Waals surface area contributed by atoms with Gasteiger partial charge in [-0.3, -0.25) is 4.90 Å². The molecule has 4 rings (SSSR count). The van der Waals surface area contributed by atoms with Crippen LogP contribution in [-0.4, -0.2) is 122 Å². The van der Waals surface area contributed by atoms with E-state index in [-0.39, 0.29) is 12.2 Å². The third kappa shape index (κ3) is 7.65. The summed E-state index contributed by atoms with van der Waals surface area (Å²) in [6.07, 6.45) is -2.73. The molecule has 10 heteroatoms. The highest BCUT2D eigenvalue weighted by molar-refractivity contribution is 5.16. The van der Waals surface area contributed by atoms with E-state index in [1.54, 1.807) is 14.2 Å². The van der Waals surface area contributed by atoms with Crippen LogP contribution in [0.4, 0.5) is 0 Å². The fourth-order valence-electron chi connectivity index (χ4n) is 4.52. The second-order valence-corrected chi connectivity index (χ2v) is 8.69. The zero-order chi connectivity index (χ0) is 24.3. The lowest BCUT2D eigenvalue weighted by Gasteiger charge is -2.48. The van der Waals surface area contributed by atoms with Gasteiger partial charge in [0.2, 0.25) is 0 Å². The molecule has 0 N–H and O–H groups in total. The van der Waals surface area contributed by atoms with Crippen LogP contribution in [0.2, 0.25) is 0 Å². The summed E-state index contributed by atoms with van der Waals surface area (Å²) in [4.78, 5) is 2.27. The molecule has 0 spiro atoms. The van der Waals surface area contributed by atoms with E-state index in [0.29, 0.717) is 52.9 Å². The summed E-state index contributed by atoms with van der Waals surface area (Å²) in [7, 11) is 3.31. The topological polar surface area (TPSA) is 86.3 Å². The molecule has 10 nitrogen and oxygen atoms in total. The van der Waals surface area contributed by atoms with Crippen molar-refractivity contribution < 1.29 is 42.6 Å². The van der Waals surface area contributed by atoms with Crippen molar-refractivity contribution in [1.29, 1.82) is 0 Å². The average Bonchev–Trinajstić information content (AvgIpc) is 2.91. The first-order valence-electron chi connectivity index (χ1n) is 12.4. The molecule has 3 saturated heterocycles. The van der Waals surface area contributed by atoms with E-state index in [9.17, 15) is 0 Å². The maximum absolute atomic E-state index is 6.38. The molecular weight excluding hydrogens is 458 g/mol. The van der Waals surface area contributed by atoms with Crippen LogP contribution in [-0.2, 0) is 42.6 Å². The Kier molecular flexibility index (Phi) is 11.2. The molecule has 0 radical (unpaired) electrons. The van der Waals surface area contributed by atoms with Crippen molar-refractivity contribution in [2.45, 2.75) is 37.0 Å². The molecule has 6 atom stereocenters. The Hall–Kier alpha value is -1.18. The number of methoxy groups -OCH3 is 2. The second kappa shape index (κ2) is 14.5. The van der Waals surface area contributed by atoms with E-state index in [1.807, 2.05) is 30.3 Å².